The first-order chi connectivity index (χ1) is 15.5. The number of nitrogens with zero attached hydrogens (tertiary/aromatic N) is 3. The van der Waals surface area contributed by atoms with Crippen LogP contribution in [0.1, 0.15) is 71.3 Å². The lowest BCUT2D eigenvalue weighted by Crippen LogP contribution is -2.54. The van der Waals surface area contributed by atoms with Crippen LogP contribution in [0.15, 0.2) is 9.59 Å². The first-order valence-electron chi connectivity index (χ1n) is 11.5. The maximum atomic E-state index is 11.8. The monoisotopic (exact) mass is 465 g/mol. The number of hydrogen-bond donors (Lipinski definition) is 3. The summed E-state index contributed by atoms with van der Waals surface area (Å²) in [6.07, 6.45) is 9.26. The molecule has 1 heterocycles. The summed E-state index contributed by atoms with van der Waals surface area (Å²) >= 11 is 0. The molecule has 1 aromatic rings. The van der Waals surface area contributed by atoms with Gasteiger partial charge >= 0.3 is 5.69 Å². The molecular weight excluding hydrogens is 426 g/mol. The molecule has 1 aromatic heterocycles. The van der Waals surface area contributed by atoms with Gasteiger partial charge in [0.05, 0.1) is 5.54 Å². The summed E-state index contributed by atoms with van der Waals surface area (Å²) in [7, 11) is 3.32. The Morgan fingerprint density at radius 1 is 1.27 bits per heavy atom. The van der Waals surface area contributed by atoms with Crippen LogP contribution in [0.2, 0.25) is 0 Å². The first kappa shape index (κ1) is 28.3. The molecule has 33 heavy (non-hydrogen) atoms. The molecule has 0 unspecified atom stereocenters. The molecule has 2 amide bonds. The number of rotatable bonds is 9. The third kappa shape index (κ3) is 7.38. The minimum absolute atomic E-state index is 0.154. The molecule has 2 rings (SSSR count). The maximum absolute atomic E-state index is 11.8. The lowest BCUT2D eigenvalue weighted by Gasteiger charge is -2.36. The zero-order valence-corrected chi connectivity index (χ0v) is 20.5. The highest BCUT2D eigenvalue weighted by Gasteiger charge is 2.33. The fraction of sp³-hybridized carbons (Fsp3) is 0.696. The van der Waals surface area contributed by atoms with E-state index >= 15 is 0 Å². The van der Waals surface area contributed by atoms with E-state index in [0.29, 0.717) is 25.3 Å². The van der Waals surface area contributed by atoms with Crippen LogP contribution in [-0.4, -0.2) is 56.8 Å². The van der Waals surface area contributed by atoms with Gasteiger partial charge in [-0.2, -0.15) is 0 Å². The van der Waals surface area contributed by atoms with E-state index in [1.54, 1.807) is 0 Å². The van der Waals surface area contributed by atoms with Crippen LogP contribution < -0.4 is 16.6 Å². The van der Waals surface area contributed by atoms with Crippen LogP contribution in [0.5, 0.6) is 5.88 Å². The number of likely N-dealkylation sites (N-methyl/N-ethyl adjacent to an activating group) is 1. The van der Waals surface area contributed by atoms with Crippen molar-refractivity contribution in [2.45, 2.75) is 77.8 Å². The lowest BCUT2D eigenvalue weighted by molar-refractivity contribution is -0.133. The molecule has 0 saturated heterocycles. The highest BCUT2D eigenvalue weighted by Crippen LogP contribution is 2.26. The molecule has 1 aliphatic rings. The predicted octanol–water partition coefficient (Wildman–Crippen LogP) is 1.60. The predicted molar refractivity (Wildman–Crippen MR) is 128 cm³/mol. The average Bonchev–Trinajstić information content (AvgIpc) is 2.79. The molecule has 186 valence electrons. The molecule has 0 spiro atoms. The molecular formula is C23H39N5O5. The Balaban J connectivity index is 0.000000331. The van der Waals surface area contributed by atoms with Crippen molar-refractivity contribution in [2.24, 2.45) is 13.0 Å². The van der Waals surface area contributed by atoms with Gasteiger partial charge in [0, 0.05) is 26.4 Å². The van der Waals surface area contributed by atoms with Gasteiger partial charge in [-0.25, -0.2) is 4.79 Å². The molecule has 1 aliphatic carbocycles. The van der Waals surface area contributed by atoms with Crippen LogP contribution >= 0.6 is 0 Å². The fourth-order valence-electron chi connectivity index (χ4n) is 3.81. The minimum Gasteiger partial charge on any atom is -0.494 e. The molecule has 10 nitrogen and oxygen atoms in total. The van der Waals surface area contributed by atoms with E-state index in [-0.39, 0.29) is 11.5 Å². The number of imide groups is 1. The number of nitrogens with one attached hydrogen (secondary N) is 2. The molecule has 0 aromatic carbocycles. The van der Waals surface area contributed by atoms with Gasteiger partial charge in [0.2, 0.25) is 18.2 Å². The second kappa shape index (κ2) is 13.1. The van der Waals surface area contributed by atoms with Crippen LogP contribution in [0.3, 0.4) is 0 Å². The highest BCUT2D eigenvalue weighted by molar-refractivity contribution is 5.92. The Bertz CT molecular complexity index is 928. The molecule has 0 atom stereocenters. The third-order valence-corrected chi connectivity index (χ3v) is 6.39. The van der Waals surface area contributed by atoms with Crippen molar-refractivity contribution in [1.29, 1.82) is 5.41 Å². The van der Waals surface area contributed by atoms with Crippen molar-refractivity contribution in [2.75, 3.05) is 13.6 Å². The third-order valence-electron chi connectivity index (χ3n) is 6.39. The summed E-state index contributed by atoms with van der Waals surface area (Å²) < 4.78 is 2.01. The Labute approximate surface area is 195 Å². The number of aromatic hydroxyl groups is 1. The van der Waals surface area contributed by atoms with E-state index in [4.69, 9.17) is 5.41 Å². The van der Waals surface area contributed by atoms with Gasteiger partial charge in [-0.1, -0.05) is 32.6 Å². The van der Waals surface area contributed by atoms with Crippen molar-refractivity contribution in [1.82, 2.24) is 19.4 Å². The van der Waals surface area contributed by atoms with Gasteiger partial charge in [0.1, 0.15) is 5.56 Å². The van der Waals surface area contributed by atoms with E-state index in [1.165, 1.54) is 39.2 Å². The minimum atomic E-state index is -0.627. The average molecular weight is 466 g/mol. The Morgan fingerprint density at radius 3 is 2.39 bits per heavy atom. The summed E-state index contributed by atoms with van der Waals surface area (Å²) in [4.78, 5) is 47.6. The highest BCUT2D eigenvalue weighted by atomic mass is 16.3. The van der Waals surface area contributed by atoms with Crippen LogP contribution in [0.25, 0.3) is 0 Å². The summed E-state index contributed by atoms with van der Waals surface area (Å²) in [5.41, 5.74) is -1.94. The number of unbranched alkanes of at least 4 members (excludes halogenated alkanes) is 1. The van der Waals surface area contributed by atoms with Crippen LogP contribution in [-0.2, 0) is 23.2 Å². The maximum Gasteiger partial charge on any atom is 0.333 e. The standard InChI is InChI=1S/C13H24N2O2.C10H15N3O3/c1-13(2,12(17)14-10-16)15(3)9-11-7-5-4-6-8-11;1-3-4-5-13-9(15)7(6-11)8(14)12(2)10(13)16/h10-11H,4-9H2,1-3H3,(H,14,16,17);6,11,14H,3-5H2,1-2H3. The molecule has 1 fully saturated rings. The Hall–Kier alpha value is -2.75. The smallest absolute Gasteiger partial charge is 0.333 e. The topological polar surface area (TPSA) is 137 Å². The number of carbonyl (C=O) groups is 2. The van der Waals surface area contributed by atoms with E-state index in [9.17, 15) is 24.3 Å². The normalized spacial score (nSPS) is 14.4. The largest absolute Gasteiger partial charge is 0.494 e. The van der Waals surface area contributed by atoms with Gasteiger partial charge in [0.25, 0.3) is 5.56 Å². The van der Waals surface area contributed by atoms with Gasteiger partial charge in [-0.3, -0.25) is 33.7 Å². The lowest BCUT2D eigenvalue weighted by atomic mass is 9.88. The van der Waals surface area contributed by atoms with Crippen molar-refractivity contribution in [3.63, 3.8) is 0 Å². The molecule has 0 aliphatic heterocycles. The van der Waals surface area contributed by atoms with E-state index in [2.05, 4.69) is 10.2 Å². The van der Waals surface area contributed by atoms with Crippen molar-refractivity contribution < 1.29 is 14.7 Å². The molecule has 0 radical (unpaired) electrons. The summed E-state index contributed by atoms with van der Waals surface area (Å²) in [5.74, 6) is 0.000569. The van der Waals surface area contributed by atoms with Crippen molar-refractivity contribution >= 4 is 18.5 Å². The number of carbonyl (C=O) groups excluding carboxylic acids is 2. The van der Waals surface area contributed by atoms with E-state index in [1.807, 2.05) is 27.8 Å². The fourth-order valence-corrected chi connectivity index (χ4v) is 3.81. The Morgan fingerprint density at radius 2 is 1.88 bits per heavy atom. The van der Waals surface area contributed by atoms with Crippen LogP contribution in [0.4, 0.5) is 0 Å². The first-order valence-corrected chi connectivity index (χ1v) is 11.5. The SMILES string of the molecule is CCCCn1c(=O)c(C=N)c(O)n(C)c1=O.CN(CC1CCCCC1)C(C)(C)C(=O)NC=O. The quantitative estimate of drug-likeness (QED) is 0.374. The molecule has 0 bridgehead atoms. The Kier molecular flexibility index (Phi) is 11.2. The number of aromatic nitrogens is 2. The second-order valence-electron chi connectivity index (χ2n) is 9.07. The van der Waals surface area contributed by atoms with Crippen molar-refractivity contribution in [3.8, 4) is 5.88 Å². The van der Waals surface area contributed by atoms with Gasteiger partial charge in [-0.15, -0.1) is 0 Å². The molecule has 10 heteroatoms. The summed E-state index contributed by atoms with van der Waals surface area (Å²) in [6.45, 7) is 6.90. The second-order valence-corrected chi connectivity index (χ2v) is 9.07. The number of amides is 2. The molecule has 3 N–H and O–H groups in total. The van der Waals surface area contributed by atoms with Gasteiger partial charge < -0.3 is 10.5 Å². The van der Waals surface area contributed by atoms with E-state index < -0.39 is 22.7 Å². The van der Waals surface area contributed by atoms with Gasteiger partial charge in [0.15, 0.2) is 0 Å². The number of hydrogen-bond acceptors (Lipinski definition) is 7. The zero-order valence-electron chi connectivity index (χ0n) is 20.5. The van der Waals surface area contributed by atoms with E-state index in [0.717, 1.165) is 28.3 Å². The molecule has 1 saturated carbocycles. The zero-order chi connectivity index (χ0) is 25.2. The van der Waals surface area contributed by atoms with Crippen molar-refractivity contribution in [3.05, 3.63) is 26.4 Å². The summed E-state index contributed by atoms with van der Waals surface area (Å²) in [6, 6.07) is 0. The van der Waals surface area contributed by atoms with Crippen LogP contribution in [0, 0.1) is 11.3 Å². The summed E-state index contributed by atoms with van der Waals surface area (Å²) in [5, 5.41) is 18.8. The van der Waals surface area contributed by atoms with Gasteiger partial charge in [-0.05, 0) is 46.1 Å².